The maximum absolute atomic E-state index is 10.8. The summed E-state index contributed by atoms with van der Waals surface area (Å²) in [4.78, 5) is 31.0. The summed E-state index contributed by atoms with van der Waals surface area (Å²) in [5, 5.41) is 5.86. The fourth-order valence-electron chi connectivity index (χ4n) is 0.634. The third-order valence-electron chi connectivity index (χ3n) is 1.18. The van der Waals surface area contributed by atoms with Gasteiger partial charge in [-0.05, 0) is 0 Å². The standard InChI is InChI=1S/C5H7NO8S.Na.H/c6-5(10)14-4(9)2(1-3(7)8)15(11,12)13;;/h2H,1H2,(H2,6,10)(H,7,8)(H,11,12,13);;. The average Bonchev–Trinajstić information content (AvgIpc) is 1.95. The number of aliphatic carboxylic acids is 1. The molecule has 0 aromatic heterocycles. The number of hydrogen-bond acceptors (Lipinski definition) is 6. The number of nitrogens with two attached hydrogens (primary N) is 1. The molecule has 9 nitrogen and oxygen atoms in total. The van der Waals surface area contributed by atoms with E-state index in [9.17, 15) is 22.8 Å². The molecule has 0 aliphatic rings. The van der Waals surface area contributed by atoms with Crippen LogP contribution in [0.15, 0.2) is 0 Å². The van der Waals surface area contributed by atoms with Gasteiger partial charge in [0.1, 0.15) is 0 Å². The summed E-state index contributed by atoms with van der Waals surface area (Å²) >= 11 is 0. The van der Waals surface area contributed by atoms with Gasteiger partial charge in [0.15, 0.2) is 5.25 Å². The van der Waals surface area contributed by atoms with Crippen LogP contribution in [0, 0.1) is 0 Å². The van der Waals surface area contributed by atoms with E-state index in [4.69, 9.17) is 9.66 Å². The van der Waals surface area contributed by atoms with Gasteiger partial charge < -0.3 is 15.6 Å². The first kappa shape index (κ1) is 17.7. The molecule has 0 aliphatic heterocycles. The molecule has 0 saturated heterocycles. The molecule has 0 heterocycles. The zero-order chi connectivity index (χ0) is 12.2. The number of carboxylic acid groups (broad SMARTS) is 1. The van der Waals surface area contributed by atoms with Crippen LogP contribution in [-0.2, 0) is 24.4 Å². The van der Waals surface area contributed by atoms with E-state index in [1.165, 1.54) is 0 Å². The Balaban J connectivity index is 0. The second-order valence-electron chi connectivity index (χ2n) is 2.34. The molecule has 0 radical (unpaired) electrons. The van der Waals surface area contributed by atoms with Crippen molar-refractivity contribution in [2.45, 2.75) is 11.7 Å². The number of esters is 1. The van der Waals surface area contributed by atoms with E-state index in [2.05, 4.69) is 10.5 Å². The third-order valence-corrected chi connectivity index (χ3v) is 2.26. The first-order valence-corrected chi connectivity index (χ1v) is 4.84. The van der Waals surface area contributed by atoms with Crippen molar-refractivity contribution >= 4 is 57.7 Å². The fourth-order valence-corrected chi connectivity index (χ4v) is 1.28. The number of carbonyl (C=O) groups is 3. The summed E-state index contributed by atoms with van der Waals surface area (Å²) in [6.07, 6.45) is -2.83. The molecule has 0 rings (SSSR count). The van der Waals surface area contributed by atoms with Gasteiger partial charge in [-0.15, -0.1) is 0 Å². The van der Waals surface area contributed by atoms with Crippen LogP contribution in [-0.4, -0.2) is 70.9 Å². The molecule has 0 fully saturated rings. The van der Waals surface area contributed by atoms with Crippen LogP contribution in [0.25, 0.3) is 0 Å². The monoisotopic (exact) mass is 265 g/mol. The minimum absolute atomic E-state index is 0. The van der Waals surface area contributed by atoms with Crippen molar-refractivity contribution in [2.75, 3.05) is 0 Å². The second-order valence-corrected chi connectivity index (χ2v) is 3.94. The number of carboxylic acids is 1. The van der Waals surface area contributed by atoms with Crippen molar-refractivity contribution in [1.29, 1.82) is 0 Å². The second kappa shape index (κ2) is 6.81. The molecular formula is C5H8NNaO8S. The molecule has 0 saturated carbocycles. The molecule has 1 unspecified atom stereocenters. The van der Waals surface area contributed by atoms with Gasteiger partial charge in [-0.2, -0.15) is 8.42 Å². The van der Waals surface area contributed by atoms with Gasteiger partial charge in [0.2, 0.25) is 0 Å². The summed E-state index contributed by atoms with van der Waals surface area (Å²) < 4.78 is 33.2. The van der Waals surface area contributed by atoms with Gasteiger partial charge in [0, 0.05) is 0 Å². The van der Waals surface area contributed by atoms with Gasteiger partial charge in [-0.25, -0.2) is 9.59 Å². The minimum atomic E-state index is -4.97. The van der Waals surface area contributed by atoms with Crippen LogP contribution < -0.4 is 5.73 Å². The van der Waals surface area contributed by atoms with Crippen molar-refractivity contribution in [3.8, 4) is 0 Å². The Morgan fingerprint density at radius 2 is 1.75 bits per heavy atom. The summed E-state index contributed by atoms with van der Waals surface area (Å²) in [7, 11) is -4.97. The summed E-state index contributed by atoms with van der Waals surface area (Å²) in [6, 6.07) is 0. The molecule has 16 heavy (non-hydrogen) atoms. The summed E-state index contributed by atoms with van der Waals surface area (Å²) in [5.41, 5.74) is 4.40. The van der Waals surface area contributed by atoms with Crippen LogP contribution in [0.1, 0.15) is 6.42 Å². The van der Waals surface area contributed by atoms with E-state index >= 15 is 0 Å². The normalized spacial score (nSPS) is 12.1. The Hall–Kier alpha value is -0.680. The molecule has 0 bridgehead atoms. The quantitative estimate of drug-likeness (QED) is 0.221. The Bertz CT molecular complexity index is 389. The van der Waals surface area contributed by atoms with Crippen LogP contribution >= 0.6 is 0 Å². The molecule has 11 heteroatoms. The van der Waals surface area contributed by atoms with Crippen LogP contribution in [0.4, 0.5) is 4.79 Å². The summed E-state index contributed by atoms with van der Waals surface area (Å²) in [5.74, 6) is -3.41. The van der Waals surface area contributed by atoms with Gasteiger partial charge in [-0.1, -0.05) is 0 Å². The van der Waals surface area contributed by atoms with E-state index in [0.717, 1.165) is 0 Å². The zero-order valence-corrected chi connectivity index (χ0v) is 7.93. The van der Waals surface area contributed by atoms with Gasteiger partial charge in [-0.3, -0.25) is 9.35 Å². The van der Waals surface area contributed by atoms with Crippen molar-refractivity contribution < 1.29 is 37.2 Å². The number of primary amides is 1. The maximum atomic E-state index is 10.8. The van der Waals surface area contributed by atoms with E-state index in [0.29, 0.717) is 0 Å². The van der Waals surface area contributed by atoms with E-state index in [1.54, 1.807) is 0 Å². The van der Waals surface area contributed by atoms with Crippen molar-refractivity contribution in [1.82, 2.24) is 0 Å². The zero-order valence-electron chi connectivity index (χ0n) is 7.11. The van der Waals surface area contributed by atoms with Crippen molar-refractivity contribution in [3.05, 3.63) is 0 Å². The molecule has 4 N–H and O–H groups in total. The van der Waals surface area contributed by atoms with Crippen LogP contribution in [0.3, 0.4) is 0 Å². The topological polar surface area (TPSA) is 161 Å². The van der Waals surface area contributed by atoms with Crippen molar-refractivity contribution in [3.63, 3.8) is 0 Å². The number of ether oxygens (including phenoxy) is 1. The summed E-state index contributed by atoms with van der Waals surface area (Å²) in [6.45, 7) is 0. The molecule has 1 amide bonds. The Kier molecular flexibility index (Phi) is 7.53. The molecule has 88 valence electrons. The van der Waals surface area contributed by atoms with Crippen molar-refractivity contribution in [2.24, 2.45) is 5.73 Å². The van der Waals surface area contributed by atoms with Gasteiger partial charge in [0.25, 0.3) is 10.1 Å². The van der Waals surface area contributed by atoms with Crippen LogP contribution in [0.2, 0.25) is 0 Å². The number of hydrogen-bond donors (Lipinski definition) is 3. The number of rotatable bonds is 4. The molecule has 0 aliphatic carbocycles. The third kappa shape index (κ3) is 6.74. The van der Waals surface area contributed by atoms with Gasteiger partial charge >= 0.3 is 47.6 Å². The predicted octanol–water partition coefficient (Wildman–Crippen LogP) is -2.31. The van der Waals surface area contributed by atoms with Gasteiger partial charge in [0.05, 0.1) is 6.42 Å². The Morgan fingerprint density at radius 1 is 1.31 bits per heavy atom. The SMILES string of the molecule is NC(=O)OC(=O)C(CC(=O)O)S(=O)(=O)O.[NaH]. The van der Waals surface area contributed by atoms with Crippen LogP contribution in [0.5, 0.6) is 0 Å². The molecule has 0 aromatic carbocycles. The Labute approximate surface area is 112 Å². The predicted molar refractivity (Wildman–Crippen MR) is 50.4 cm³/mol. The number of amides is 1. The molecule has 0 aromatic rings. The molecular weight excluding hydrogens is 257 g/mol. The van der Waals surface area contributed by atoms with E-state index in [-0.39, 0.29) is 29.6 Å². The Morgan fingerprint density at radius 3 is 2.00 bits per heavy atom. The van der Waals surface area contributed by atoms with E-state index in [1.807, 2.05) is 0 Å². The first-order chi connectivity index (χ1) is 6.64. The molecule has 0 spiro atoms. The fraction of sp³-hybridized carbons (Fsp3) is 0.400. The average molecular weight is 265 g/mol. The number of carbonyl (C=O) groups excluding carboxylic acids is 2. The van der Waals surface area contributed by atoms with E-state index < -0.39 is 39.8 Å². The first-order valence-electron chi connectivity index (χ1n) is 3.33. The molecule has 1 atom stereocenters.